The van der Waals surface area contributed by atoms with Gasteiger partial charge in [-0.15, -0.1) is 0 Å². The molecule has 0 saturated heterocycles. The van der Waals surface area contributed by atoms with Crippen LogP contribution < -0.4 is 11.1 Å². The monoisotopic (exact) mass is 245 g/mol. The van der Waals surface area contributed by atoms with Gasteiger partial charge in [-0.3, -0.25) is 10.1 Å². The zero-order valence-electron chi connectivity index (χ0n) is 9.41. The van der Waals surface area contributed by atoms with Crippen molar-refractivity contribution in [1.82, 2.24) is 9.97 Å². The van der Waals surface area contributed by atoms with Crippen LogP contribution in [0.15, 0.2) is 36.5 Å². The molecule has 2 aromatic rings. The molecule has 18 heavy (non-hydrogen) atoms. The fourth-order valence-electron chi connectivity index (χ4n) is 1.37. The predicted molar refractivity (Wildman–Crippen MR) is 66.9 cm³/mol. The lowest BCUT2D eigenvalue weighted by Crippen LogP contribution is -2.04. The van der Waals surface area contributed by atoms with Crippen molar-refractivity contribution in [3.63, 3.8) is 0 Å². The van der Waals surface area contributed by atoms with Gasteiger partial charge in [0.1, 0.15) is 5.82 Å². The summed E-state index contributed by atoms with van der Waals surface area (Å²) in [6, 6.07) is 7.86. The third-order valence-electron chi connectivity index (χ3n) is 2.27. The Morgan fingerprint density at radius 1 is 1.28 bits per heavy atom. The molecule has 92 valence electrons. The maximum atomic E-state index is 10.5. The average molecular weight is 245 g/mol. The van der Waals surface area contributed by atoms with Crippen molar-refractivity contribution in [2.75, 3.05) is 11.1 Å². The molecule has 2 rings (SSSR count). The Hall–Kier alpha value is -2.70. The first-order valence-electron chi connectivity index (χ1n) is 5.21. The molecule has 0 radical (unpaired) electrons. The lowest BCUT2D eigenvalue weighted by Gasteiger charge is -2.04. The first-order valence-corrected chi connectivity index (χ1v) is 5.21. The van der Waals surface area contributed by atoms with Crippen LogP contribution in [-0.4, -0.2) is 14.9 Å². The summed E-state index contributed by atoms with van der Waals surface area (Å²) < 4.78 is 0. The number of non-ortho nitro benzene ring substituents is 1. The molecule has 7 heteroatoms. The van der Waals surface area contributed by atoms with Gasteiger partial charge in [0.2, 0.25) is 5.95 Å². The van der Waals surface area contributed by atoms with Crippen LogP contribution in [0.3, 0.4) is 0 Å². The number of nitrogens with zero attached hydrogens (tertiary/aromatic N) is 3. The molecule has 0 saturated carbocycles. The third kappa shape index (κ3) is 2.91. The fourth-order valence-corrected chi connectivity index (χ4v) is 1.37. The minimum atomic E-state index is -0.432. The normalized spacial score (nSPS) is 10.0. The lowest BCUT2D eigenvalue weighted by molar-refractivity contribution is -0.384. The van der Waals surface area contributed by atoms with Gasteiger partial charge in [0.25, 0.3) is 5.69 Å². The van der Waals surface area contributed by atoms with Crippen LogP contribution in [0.5, 0.6) is 0 Å². The number of hydrogen-bond acceptors (Lipinski definition) is 6. The quantitative estimate of drug-likeness (QED) is 0.625. The minimum absolute atomic E-state index is 0.0685. The summed E-state index contributed by atoms with van der Waals surface area (Å²) in [7, 11) is 0. The highest BCUT2D eigenvalue weighted by atomic mass is 16.6. The molecule has 3 N–H and O–H groups in total. The Morgan fingerprint density at radius 2 is 2.00 bits per heavy atom. The van der Waals surface area contributed by atoms with Gasteiger partial charge >= 0.3 is 0 Å². The van der Waals surface area contributed by atoms with Crippen LogP contribution in [0, 0.1) is 10.1 Å². The number of rotatable bonds is 4. The molecule has 1 aromatic carbocycles. The van der Waals surface area contributed by atoms with Crippen molar-refractivity contribution >= 4 is 17.5 Å². The molecule has 0 aliphatic carbocycles. The van der Waals surface area contributed by atoms with E-state index in [1.165, 1.54) is 12.1 Å². The molecule has 0 aliphatic heterocycles. The SMILES string of the molecule is Nc1ccnc(NCc2ccc([N+](=O)[O-])cc2)n1. The number of nitro benzene ring substituents is 1. The van der Waals surface area contributed by atoms with Gasteiger partial charge in [-0.2, -0.15) is 4.98 Å². The second-order valence-electron chi connectivity index (χ2n) is 3.58. The van der Waals surface area contributed by atoms with E-state index < -0.39 is 4.92 Å². The Morgan fingerprint density at radius 3 is 2.61 bits per heavy atom. The Bertz CT molecular complexity index is 556. The smallest absolute Gasteiger partial charge is 0.269 e. The first kappa shape index (κ1) is 11.8. The number of hydrogen-bond donors (Lipinski definition) is 2. The zero-order valence-corrected chi connectivity index (χ0v) is 9.41. The van der Waals surface area contributed by atoms with Crippen LogP contribution in [0.4, 0.5) is 17.5 Å². The highest BCUT2D eigenvalue weighted by molar-refractivity contribution is 5.37. The van der Waals surface area contributed by atoms with Crippen molar-refractivity contribution in [2.24, 2.45) is 0 Å². The second kappa shape index (κ2) is 5.09. The van der Waals surface area contributed by atoms with Gasteiger partial charge in [-0.05, 0) is 11.6 Å². The number of aromatic nitrogens is 2. The number of nitrogens with two attached hydrogens (primary N) is 1. The summed E-state index contributed by atoms with van der Waals surface area (Å²) in [5, 5.41) is 13.5. The van der Waals surface area contributed by atoms with Crippen molar-refractivity contribution in [3.05, 3.63) is 52.2 Å². The molecule has 0 fully saturated rings. The average Bonchev–Trinajstić information content (AvgIpc) is 2.37. The van der Waals surface area contributed by atoms with Gasteiger partial charge in [0.05, 0.1) is 4.92 Å². The largest absolute Gasteiger partial charge is 0.384 e. The van der Waals surface area contributed by atoms with Gasteiger partial charge in [0.15, 0.2) is 0 Å². The van der Waals surface area contributed by atoms with E-state index in [0.717, 1.165) is 5.56 Å². The van der Waals surface area contributed by atoms with Crippen molar-refractivity contribution in [1.29, 1.82) is 0 Å². The van der Waals surface area contributed by atoms with Crippen LogP contribution in [0.25, 0.3) is 0 Å². The first-order chi connectivity index (χ1) is 8.65. The van der Waals surface area contributed by atoms with E-state index in [-0.39, 0.29) is 5.69 Å². The number of nitrogen functional groups attached to an aromatic ring is 1. The van der Waals surface area contributed by atoms with Crippen LogP contribution in [0.1, 0.15) is 5.56 Å². The van der Waals surface area contributed by atoms with E-state index in [0.29, 0.717) is 18.3 Å². The van der Waals surface area contributed by atoms with Crippen molar-refractivity contribution in [3.8, 4) is 0 Å². The molecule has 1 heterocycles. The molecule has 0 atom stereocenters. The zero-order chi connectivity index (χ0) is 13.0. The molecule has 0 unspecified atom stereocenters. The number of nitrogens with one attached hydrogen (secondary N) is 1. The third-order valence-corrected chi connectivity index (χ3v) is 2.27. The molecule has 0 spiro atoms. The second-order valence-corrected chi connectivity index (χ2v) is 3.58. The molecule has 0 bridgehead atoms. The van der Waals surface area contributed by atoms with E-state index in [4.69, 9.17) is 5.73 Å². The highest BCUT2D eigenvalue weighted by Crippen LogP contribution is 2.12. The van der Waals surface area contributed by atoms with Crippen molar-refractivity contribution in [2.45, 2.75) is 6.54 Å². The maximum absolute atomic E-state index is 10.5. The molecule has 0 amide bonds. The Kier molecular flexibility index (Phi) is 3.33. The summed E-state index contributed by atoms with van der Waals surface area (Å²) in [5.74, 6) is 0.810. The standard InChI is InChI=1S/C11H11N5O2/c12-10-5-6-13-11(15-10)14-7-8-1-3-9(4-2-8)16(17)18/h1-6H,7H2,(H3,12,13,14,15). The lowest BCUT2D eigenvalue weighted by atomic mass is 10.2. The summed E-state index contributed by atoms with van der Waals surface area (Å²) in [5.41, 5.74) is 6.48. The van der Waals surface area contributed by atoms with Crippen LogP contribution in [-0.2, 0) is 6.54 Å². The number of benzene rings is 1. The van der Waals surface area contributed by atoms with Gasteiger partial charge in [-0.1, -0.05) is 12.1 Å². The summed E-state index contributed by atoms with van der Waals surface area (Å²) in [4.78, 5) is 18.0. The molecule has 1 aromatic heterocycles. The number of anilines is 2. The molecule has 0 aliphatic rings. The van der Waals surface area contributed by atoms with E-state index in [9.17, 15) is 10.1 Å². The Labute approximate surface area is 103 Å². The maximum Gasteiger partial charge on any atom is 0.269 e. The van der Waals surface area contributed by atoms with Crippen molar-refractivity contribution < 1.29 is 4.92 Å². The van der Waals surface area contributed by atoms with Gasteiger partial charge < -0.3 is 11.1 Å². The van der Waals surface area contributed by atoms with E-state index in [1.807, 2.05) is 0 Å². The van der Waals surface area contributed by atoms with E-state index in [2.05, 4.69) is 15.3 Å². The van der Waals surface area contributed by atoms with Crippen LogP contribution in [0.2, 0.25) is 0 Å². The summed E-state index contributed by atoms with van der Waals surface area (Å²) >= 11 is 0. The highest BCUT2D eigenvalue weighted by Gasteiger charge is 2.04. The van der Waals surface area contributed by atoms with E-state index >= 15 is 0 Å². The molecular formula is C11H11N5O2. The molecular weight excluding hydrogens is 234 g/mol. The van der Waals surface area contributed by atoms with Gasteiger partial charge in [-0.25, -0.2) is 4.98 Å². The Balaban J connectivity index is 2.00. The summed E-state index contributed by atoms with van der Waals surface area (Å²) in [6.07, 6.45) is 1.56. The topological polar surface area (TPSA) is 107 Å². The fraction of sp³-hybridized carbons (Fsp3) is 0.0909. The minimum Gasteiger partial charge on any atom is -0.384 e. The number of nitro groups is 1. The van der Waals surface area contributed by atoms with Gasteiger partial charge in [0, 0.05) is 24.9 Å². The van der Waals surface area contributed by atoms with E-state index in [1.54, 1.807) is 24.4 Å². The predicted octanol–water partition coefficient (Wildman–Crippen LogP) is 1.58. The summed E-state index contributed by atoms with van der Waals surface area (Å²) in [6.45, 7) is 0.474. The molecule has 7 nitrogen and oxygen atoms in total. The van der Waals surface area contributed by atoms with Crippen LogP contribution >= 0.6 is 0 Å².